The van der Waals surface area contributed by atoms with Gasteiger partial charge in [-0.1, -0.05) is 30.3 Å². The fourth-order valence-electron chi connectivity index (χ4n) is 4.31. The van der Waals surface area contributed by atoms with Crippen LogP contribution < -0.4 is 4.74 Å². The van der Waals surface area contributed by atoms with Crippen LogP contribution in [-0.2, 0) is 30.7 Å². The Morgan fingerprint density at radius 2 is 1.93 bits per heavy atom. The molecule has 1 aliphatic heterocycles. The Hall–Kier alpha value is -2.59. The van der Waals surface area contributed by atoms with Crippen molar-refractivity contribution < 1.29 is 9.47 Å². The van der Waals surface area contributed by atoms with Crippen molar-refractivity contribution in [3.8, 4) is 17.0 Å². The van der Waals surface area contributed by atoms with E-state index in [1.165, 1.54) is 40.8 Å². The molecule has 1 fully saturated rings. The zero-order chi connectivity index (χ0) is 18.8. The lowest BCUT2D eigenvalue weighted by atomic mass is 9.90. The first-order valence-electron chi connectivity index (χ1n) is 10.3. The molecule has 2 heterocycles. The third-order valence-electron chi connectivity index (χ3n) is 5.81. The fraction of sp³-hybridized carbons (Fsp3) is 0.375. The molecule has 1 aliphatic carbocycles. The van der Waals surface area contributed by atoms with E-state index in [2.05, 4.69) is 35.0 Å². The summed E-state index contributed by atoms with van der Waals surface area (Å²) < 4.78 is 14.1. The first-order valence-corrected chi connectivity index (χ1v) is 10.3. The van der Waals surface area contributed by atoms with E-state index in [4.69, 9.17) is 14.6 Å². The summed E-state index contributed by atoms with van der Waals surface area (Å²) >= 11 is 0. The zero-order valence-electron chi connectivity index (χ0n) is 16.1. The Labute approximate surface area is 166 Å². The highest BCUT2D eigenvalue weighted by Gasteiger charge is 2.24. The molecule has 2 aromatic carbocycles. The largest absolute Gasteiger partial charge is 0.489 e. The van der Waals surface area contributed by atoms with Crippen molar-refractivity contribution in [1.29, 1.82) is 0 Å². The summed E-state index contributed by atoms with van der Waals surface area (Å²) in [6, 6.07) is 16.8. The van der Waals surface area contributed by atoms with Gasteiger partial charge in [-0.2, -0.15) is 5.10 Å². The molecule has 0 spiro atoms. The van der Waals surface area contributed by atoms with Crippen molar-refractivity contribution in [3.63, 3.8) is 0 Å². The second kappa shape index (κ2) is 7.80. The smallest absolute Gasteiger partial charge is 0.120 e. The van der Waals surface area contributed by atoms with Gasteiger partial charge in [0.15, 0.2) is 0 Å². The Balaban J connectivity index is 1.36. The maximum Gasteiger partial charge on any atom is 0.120 e. The summed E-state index contributed by atoms with van der Waals surface area (Å²) in [6.07, 6.45) is 7.98. The van der Waals surface area contributed by atoms with Crippen molar-refractivity contribution in [2.75, 3.05) is 6.61 Å². The van der Waals surface area contributed by atoms with Crippen LogP contribution in [-0.4, -0.2) is 22.5 Å². The molecule has 0 bridgehead atoms. The maximum absolute atomic E-state index is 6.04. The minimum absolute atomic E-state index is 0.289. The van der Waals surface area contributed by atoms with Gasteiger partial charge in [0.25, 0.3) is 0 Å². The van der Waals surface area contributed by atoms with Gasteiger partial charge in [-0.15, -0.1) is 0 Å². The van der Waals surface area contributed by atoms with E-state index in [0.717, 1.165) is 38.2 Å². The van der Waals surface area contributed by atoms with E-state index < -0.39 is 0 Å². The molecule has 144 valence electrons. The molecule has 28 heavy (non-hydrogen) atoms. The number of aryl methyl sites for hydroxylation is 2. The topological polar surface area (TPSA) is 36.3 Å². The number of nitrogens with zero attached hydrogens (tertiary/aromatic N) is 2. The van der Waals surface area contributed by atoms with Gasteiger partial charge in [0.05, 0.1) is 24.5 Å². The summed E-state index contributed by atoms with van der Waals surface area (Å²) in [6.45, 7) is 2.33. The predicted octanol–water partition coefficient (Wildman–Crippen LogP) is 4.80. The number of rotatable bonds is 5. The van der Waals surface area contributed by atoms with Gasteiger partial charge >= 0.3 is 0 Å². The van der Waals surface area contributed by atoms with Crippen LogP contribution in [0.2, 0.25) is 0 Å². The molecular weight excluding hydrogens is 348 g/mol. The van der Waals surface area contributed by atoms with Crippen LogP contribution in [0.1, 0.15) is 36.0 Å². The molecule has 0 N–H and O–H groups in total. The van der Waals surface area contributed by atoms with Crippen molar-refractivity contribution >= 4 is 0 Å². The van der Waals surface area contributed by atoms with Gasteiger partial charge in [0.2, 0.25) is 0 Å². The normalized spacial score (nSPS) is 18.4. The SMILES string of the molecule is c1ccc(COc2ccc3c(c2)CCc2cnn(C[C@H]4CCCCO4)c2-3)cc1. The quantitative estimate of drug-likeness (QED) is 0.644. The maximum atomic E-state index is 6.04. The fourth-order valence-corrected chi connectivity index (χ4v) is 4.31. The highest BCUT2D eigenvalue weighted by molar-refractivity contribution is 5.70. The molecule has 3 aromatic rings. The highest BCUT2D eigenvalue weighted by atomic mass is 16.5. The predicted molar refractivity (Wildman–Crippen MR) is 109 cm³/mol. The highest BCUT2D eigenvalue weighted by Crippen LogP contribution is 2.36. The van der Waals surface area contributed by atoms with Crippen molar-refractivity contribution in [2.45, 2.75) is 51.4 Å². The lowest BCUT2D eigenvalue weighted by Gasteiger charge is -2.25. The number of aromatic nitrogens is 2. The van der Waals surface area contributed by atoms with E-state index in [9.17, 15) is 0 Å². The Bertz CT molecular complexity index is 942. The molecule has 0 unspecified atom stereocenters. The van der Waals surface area contributed by atoms with Crippen LogP contribution in [0.5, 0.6) is 5.75 Å². The molecule has 0 radical (unpaired) electrons. The second-order valence-corrected chi connectivity index (χ2v) is 7.78. The third kappa shape index (κ3) is 3.57. The first-order chi connectivity index (χ1) is 13.9. The monoisotopic (exact) mass is 374 g/mol. The van der Waals surface area contributed by atoms with E-state index in [1.807, 2.05) is 24.4 Å². The summed E-state index contributed by atoms with van der Waals surface area (Å²) in [5, 5.41) is 4.69. The van der Waals surface area contributed by atoms with Crippen LogP contribution in [0.15, 0.2) is 54.7 Å². The van der Waals surface area contributed by atoms with Crippen LogP contribution in [0.3, 0.4) is 0 Å². The number of hydrogen-bond acceptors (Lipinski definition) is 3. The average molecular weight is 374 g/mol. The summed E-state index contributed by atoms with van der Waals surface area (Å²) in [4.78, 5) is 0. The molecule has 4 heteroatoms. The Kier molecular flexibility index (Phi) is 4.88. The molecule has 5 rings (SSSR count). The van der Waals surface area contributed by atoms with Crippen molar-refractivity contribution in [3.05, 3.63) is 71.4 Å². The van der Waals surface area contributed by atoms with Gasteiger partial charge in [-0.25, -0.2) is 0 Å². The van der Waals surface area contributed by atoms with Gasteiger partial charge in [-0.05, 0) is 67.0 Å². The van der Waals surface area contributed by atoms with Crippen molar-refractivity contribution in [1.82, 2.24) is 9.78 Å². The summed E-state index contributed by atoms with van der Waals surface area (Å²) in [5.41, 5.74) is 6.45. The van der Waals surface area contributed by atoms with E-state index >= 15 is 0 Å². The average Bonchev–Trinajstić information content (AvgIpc) is 3.17. The molecule has 1 atom stereocenters. The molecule has 0 saturated carbocycles. The molecule has 1 aromatic heterocycles. The third-order valence-corrected chi connectivity index (χ3v) is 5.81. The van der Waals surface area contributed by atoms with Gasteiger partial charge < -0.3 is 9.47 Å². The molecule has 4 nitrogen and oxygen atoms in total. The van der Waals surface area contributed by atoms with Crippen LogP contribution >= 0.6 is 0 Å². The zero-order valence-corrected chi connectivity index (χ0v) is 16.1. The number of fused-ring (bicyclic) bond motifs is 3. The van der Waals surface area contributed by atoms with Crippen LogP contribution in [0.25, 0.3) is 11.3 Å². The summed E-state index contributed by atoms with van der Waals surface area (Å²) in [7, 11) is 0. The minimum atomic E-state index is 0.289. The van der Waals surface area contributed by atoms with Gasteiger partial charge in [0, 0.05) is 12.2 Å². The minimum Gasteiger partial charge on any atom is -0.489 e. The van der Waals surface area contributed by atoms with Gasteiger partial charge in [-0.3, -0.25) is 4.68 Å². The van der Waals surface area contributed by atoms with Crippen molar-refractivity contribution in [2.24, 2.45) is 0 Å². The molecule has 1 saturated heterocycles. The van der Waals surface area contributed by atoms with E-state index in [1.54, 1.807) is 0 Å². The molecule has 0 amide bonds. The lowest BCUT2D eigenvalue weighted by Crippen LogP contribution is -2.25. The molecule has 2 aliphatic rings. The second-order valence-electron chi connectivity index (χ2n) is 7.78. The first kappa shape index (κ1) is 17.5. The molecular formula is C24H26N2O2. The number of benzene rings is 2. The number of hydrogen-bond donors (Lipinski definition) is 0. The van der Waals surface area contributed by atoms with Crippen LogP contribution in [0.4, 0.5) is 0 Å². The Morgan fingerprint density at radius 3 is 2.79 bits per heavy atom. The van der Waals surface area contributed by atoms with E-state index in [-0.39, 0.29) is 6.10 Å². The Morgan fingerprint density at radius 1 is 1.04 bits per heavy atom. The van der Waals surface area contributed by atoms with Crippen LogP contribution in [0, 0.1) is 0 Å². The lowest BCUT2D eigenvalue weighted by molar-refractivity contribution is 0.00427. The van der Waals surface area contributed by atoms with E-state index in [0.29, 0.717) is 6.61 Å². The summed E-state index contributed by atoms with van der Waals surface area (Å²) in [5.74, 6) is 0.938. The van der Waals surface area contributed by atoms with Gasteiger partial charge in [0.1, 0.15) is 12.4 Å². The standard InChI is InChI=1S/C24H26N2O2/c1-2-6-18(7-3-1)17-28-21-11-12-23-19(14-21)9-10-20-15-25-26(24(20)23)16-22-8-4-5-13-27-22/h1-3,6-7,11-12,14-15,22H,4-5,8-10,13,16-17H2/t22-/m1/s1. The number of ether oxygens (including phenoxy) is 2.